The Labute approximate surface area is 186 Å². The van der Waals surface area contributed by atoms with Gasteiger partial charge in [0, 0.05) is 0 Å². The number of fused-ring (bicyclic) bond motifs is 1. The molecule has 0 heterocycles. The SMILES string of the molecule is CCc1ccc2[cH-]c(-c3ccccc3)cc2c1-c1cc(C)cc(C)c1.[Cl][Zr][Cl]. The monoisotopic (exact) mass is 483 g/mol. The second kappa shape index (κ2) is 9.97. The molecule has 4 aromatic rings. The summed E-state index contributed by atoms with van der Waals surface area (Å²) >= 11 is -0.826. The van der Waals surface area contributed by atoms with E-state index < -0.39 is 20.8 Å². The van der Waals surface area contributed by atoms with Crippen molar-refractivity contribution < 1.29 is 20.8 Å². The molecule has 0 aliphatic carbocycles. The maximum absolute atomic E-state index is 4.93. The molecule has 0 unspecified atom stereocenters. The molecular formula is C25H23Cl2Zr-. The Balaban J connectivity index is 0.000000706. The Bertz CT molecular complexity index is 1040. The minimum atomic E-state index is -0.826. The van der Waals surface area contributed by atoms with Crippen LogP contribution in [-0.4, -0.2) is 0 Å². The van der Waals surface area contributed by atoms with Crippen LogP contribution in [0.25, 0.3) is 33.0 Å². The topological polar surface area (TPSA) is 0 Å². The Morgan fingerprint density at radius 2 is 1.46 bits per heavy atom. The van der Waals surface area contributed by atoms with E-state index in [4.69, 9.17) is 17.0 Å². The van der Waals surface area contributed by atoms with Crippen molar-refractivity contribution in [2.24, 2.45) is 0 Å². The first-order valence-corrected chi connectivity index (χ1v) is 15.7. The molecule has 0 aliphatic heterocycles. The van der Waals surface area contributed by atoms with Crippen molar-refractivity contribution in [1.29, 1.82) is 0 Å². The van der Waals surface area contributed by atoms with Gasteiger partial charge in [-0.1, -0.05) is 83.8 Å². The van der Waals surface area contributed by atoms with E-state index in [1.165, 1.54) is 49.7 Å². The molecule has 4 rings (SSSR count). The van der Waals surface area contributed by atoms with Gasteiger partial charge in [-0.3, -0.25) is 0 Å². The molecule has 0 aromatic heterocycles. The number of halogens is 2. The second-order valence-electron chi connectivity index (χ2n) is 7.01. The zero-order valence-corrected chi connectivity index (χ0v) is 20.4. The summed E-state index contributed by atoms with van der Waals surface area (Å²) in [5, 5.41) is 2.69. The van der Waals surface area contributed by atoms with Crippen molar-refractivity contribution in [3.63, 3.8) is 0 Å². The summed E-state index contributed by atoms with van der Waals surface area (Å²) in [5.74, 6) is 0. The second-order valence-corrected chi connectivity index (χ2v) is 10.7. The van der Waals surface area contributed by atoms with Gasteiger partial charge in [0.25, 0.3) is 0 Å². The third-order valence-corrected chi connectivity index (χ3v) is 4.97. The van der Waals surface area contributed by atoms with Gasteiger partial charge in [-0.05, 0) is 31.4 Å². The maximum atomic E-state index is 4.93. The first-order valence-electron chi connectivity index (χ1n) is 9.40. The molecule has 0 nitrogen and oxygen atoms in total. The molecule has 4 aromatic carbocycles. The van der Waals surface area contributed by atoms with Crippen LogP contribution in [0.15, 0.2) is 72.8 Å². The normalized spacial score (nSPS) is 10.5. The van der Waals surface area contributed by atoms with Gasteiger partial charge in [-0.25, -0.2) is 0 Å². The fourth-order valence-electron chi connectivity index (χ4n) is 3.88. The molecule has 0 atom stereocenters. The Morgan fingerprint density at radius 3 is 2.07 bits per heavy atom. The van der Waals surface area contributed by atoms with Gasteiger partial charge in [0.05, 0.1) is 0 Å². The molecule has 0 N–H and O–H groups in total. The number of aryl methyl sites for hydroxylation is 3. The summed E-state index contributed by atoms with van der Waals surface area (Å²) < 4.78 is 0. The van der Waals surface area contributed by atoms with Crippen LogP contribution >= 0.6 is 17.0 Å². The molecule has 28 heavy (non-hydrogen) atoms. The molecule has 0 amide bonds. The van der Waals surface area contributed by atoms with Crippen LogP contribution in [0, 0.1) is 13.8 Å². The molecule has 3 heteroatoms. The fraction of sp³-hybridized carbons (Fsp3) is 0.160. The summed E-state index contributed by atoms with van der Waals surface area (Å²) in [7, 11) is 9.87. The molecule has 0 aliphatic rings. The molecule has 0 fully saturated rings. The van der Waals surface area contributed by atoms with E-state index in [1.54, 1.807) is 0 Å². The average molecular weight is 486 g/mol. The molecule has 0 radical (unpaired) electrons. The molecule has 0 saturated heterocycles. The van der Waals surface area contributed by atoms with Crippen molar-refractivity contribution in [2.45, 2.75) is 27.2 Å². The van der Waals surface area contributed by atoms with E-state index in [2.05, 4.69) is 93.6 Å². The van der Waals surface area contributed by atoms with Gasteiger partial charge >= 0.3 is 37.9 Å². The zero-order valence-electron chi connectivity index (χ0n) is 16.4. The van der Waals surface area contributed by atoms with Gasteiger partial charge in [0.15, 0.2) is 0 Å². The minimum absolute atomic E-state index is 0.826. The predicted octanol–water partition coefficient (Wildman–Crippen LogP) is 8.45. The van der Waals surface area contributed by atoms with Crippen LogP contribution in [0.5, 0.6) is 0 Å². The first-order chi connectivity index (χ1) is 13.6. The summed E-state index contributed by atoms with van der Waals surface area (Å²) in [6.07, 6.45) is 1.05. The number of hydrogen-bond acceptors (Lipinski definition) is 0. The van der Waals surface area contributed by atoms with Crippen LogP contribution in [0.2, 0.25) is 0 Å². The summed E-state index contributed by atoms with van der Waals surface area (Å²) in [6, 6.07) is 26.8. The third kappa shape index (κ3) is 4.83. The Morgan fingerprint density at radius 1 is 0.821 bits per heavy atom. The first kappa shape index (κ1) is 21.4. The van der Waals surface area contributed by atoms with E-state index >= 15 is 0 Å². The van der Waals surface area contributed by atoms with Crippen LogP contribution in [-0.2, 0) is 27.3 Å². The van der Waals surface area contributed by atoms with Gasteiger partial charge in [-0.2, -0.15) is 0 Å². The van der Waals surface area contributed by atoms with Crippen molar-refractivity contribution >= 4 is 27.8 Å². The van der Waals surface area contributed by atoms with Crippen molar-refractivity contribution in [3.8, 4) is 22.3 Å². The van der Waals surface area contributed by atoms with Crippen LogP contribution < -0.4 is 0 Å². The molecule has 0 saturated carbocycles. The van der Waals surface area contributed by atoms with Crippen LogP contribution in [0.1, 0.15) is 23.6 Å². The van der Waals surface area contributed by atoms with E-state index in [0.717, 1.165) is 6.42 Å². The summed E-state index contributed by atoms with van der Waals surface area (Å²) in [5.41, 5.74) is 9.38. The molecule has 0 bridgehead atoms. The van der Waals surface area contributed by atoms with E-state index in [9.17, 15) is 0 Å². The number of benzene rings is 3. The van der Waals surface area contributed by atoms with Crippen molar-refractivity contribution in [2.75, 3.05) is 0 Å². The predicted molar refractivity (Wildman–Crippen MR) is 121 cm³/mol. The van der Waals surface area contributed by atoms with Crippen molar-refractivity contribution in [1.82, 2.24) is 0 Å². The summed E-state index contributed by atoms with van der Waals surface area (Å²) in [4.78, 5) is 0. The van der Waals surface area contributed by atoms with Crippen LogP contribution in [0.4, 0.5) is 0 Å². The molecule has 142 valence electrons. The molecule has 0 spiro atoms. The Hall–Kier alpha value is -1.27. The van der Waals surface area contributed by atoms with Gasteiger partial charge in [0.1, 0.15) is 0 Å². The van der Waals surface area contributed by atoms with Crippen LogP contribution in [0.3, 0.4) is 0 Å². The standard InChI is InChI=1S/C25H23.2ClH.Zr/c1-4-19-10-11-21-15-22(20-8-6-5-7-9-20)16-24(21)25(19)23-13-17(2)12-18(3)14-23;;;/h5-16H,4H2,1-3H3;2*1H;/q-1;;;+2/p-2. The zero-order chi connectivity index (χ0) is 20.1. The van der Waals surface area contributed by atoms with Gasteiger partial charge in [0.2, 0.25) is 0 Å². The fourth-order valence-corrected chi connectivity index (χ4v) is 3.88. The average Bonchev–Trinajstić information content (AvgIpc) is 3.12. The molecular weight excluding hydrogens is 462 g/mol. The van der Waals surface area contributed by atoms with E-state index in [0.29, 0.717) is 0 Å². The van der Waals surface area contributed by atoms with Crippen molar-refractivity contribution in [3.05, 3.63) is 89.5 Å². The van der Waals surface area contributed by atoms with Gasteiger partial charge in [-0.15, -0.1) is 34.5 Å². The number of rotatable bonds is 3. The number of hydrogen-bond donors (Lipinski definition) is 0. The quantitative estimate of drug-likeness (QED) is 0.255. The van der Waals surface area contributed by atoms with E-state index in [-0.39, 0.29) is 0 Å². The third-order valence-electron chi connectivity index (χ3n) is 4.97. The van der Waals surface area contributed by atoms with Gasteiger partial charge < -0.3 is 0 Å². The van der Waals surface area contributed by atoms with E-state index in [1.807, 2.05) is 0 Å². The summed E-state index contributed by atoms with van der Waals surface area (Å²) in [6.45, 7) is 6.61. The Kier molecular flexibility index (Phi) is 7.64.